The van der Waals surface area contributed by atoms with Gasteiger partial charge in [0.1, 0.15) is 18.1 Å². The van der Waals surface area contributed by atoms with Crippen molar-refractivity contribution in [3.05, 3.63) is 82.0 Å². The number of hydrogen-bond acceptors (Lipinski definition) is 5. The number of likely N-dealkylation sites (tertiary alicyclic amines) is 1. The van der Waals surface area contributed by atoms with Crippen LogP contribution in [-0.4, -0.2) is 41.2 Å². The molecule has 0 spiro atoms. The van der Waals surface area contributed by atoms with Gasteiger partial charge >= 0.3 is 0 Å². The molecule has 3 aromatic rings. The average molecular weight is 412 g/mol. The van der Waals surface area contributed by atoms with E-state index in [-0.39, 0.29) is 12.2 Å². The van der Waals surface area contributed by atoms with Gasteiger partial charge < -0.3 is 14.4 Å². The number of benzene rings is 1. The first kappa shape index (κ1) is 19.5. The normalized spacial score (nSPS) is 14.4. The molecule has 4 rings (SSSR count). The highest BCUT2D eigenvalue weighted by molar-refractivity contribution is 6.30. The topological polar surface area (TPSA) is 56.6 Å². The Bertz CT molecular complexity index is 1010. The molecule has 0 atom stereocenters. The van der Waals surface area contributed by atoms with Gasteiger partial charge in [0, 0.05) is 43.2 Å². The van der Waals surface area contributed by atoms with Crippen LogP contribution in [0.25, 0.3) is 5.69 Å². The van der Waals surface area contributed by atoms with E-state index in [4.69, 9.17) is 21.1 Å². The molecule has 3 heterocycles. The highest BCUT2D eigenvalue weighted by Gasteiger charge is 2.23. The largest absolute Gasteiger partial charge is 0.493 e. The first-order chi connectivity index (χ1) is 14.1. The highest BCUT2D eigenvalue weighted by atomic mass is 35.5. The van der Waals surface area contributed by atoms with E-state index in [1.807, 2.05) is 24.3 Å². The lowest BCUT2D eigenvalue weighted by molar-refractivity contribution is 0.0858. The molecule has 7 heteroatoms. The van der Waals surface area contributed by atoms with E-state index in [2.05, 4.69) is 16.9 Å². The van der Waals surface area contributed by atoms with Gasteiger partial charge in [-0.3, -0.25) is 14.3 Å². The van der Waals surface area contributed by atoms with Crippen LogP contribution < -0.4 is 15.0 Å². The van der Waals surface area contributed by atoms with Crippen LogP contribution in [0.5, 0.6) is 11.5 Å². The van der Waals surface area contributed by atoms with Gasteiger partial charge in [0.15, 0.2) is 0 Å². The Balaban J connectivity index is 1.37. The van der Waals surface area contributed by atoms with Crippen LogP contribution >= 0.6 is 11.6 Å². The molecule has 0 unspecified atom stereocenters. The van der Waals surface area contributed by atoms with E-state index in [0.717, 1.165) is 36.8 Å². The number of nitrogens with zero attached hydrogens (tertiary/aromatic N) is 3. The van der Waals surface area contributed by atoms with E-state index in [1.165, 1.54) is 6.07 Å². The van der Waals surface area contributed by atoms with Gasteiger partial charge in [0.05, 0.1) is 17.3 Å². The van der Waals surface area contributed by atoms with Crippen molar-refractivity contribution in [2.24, 2.45) is 5.92 Å². The minimum absolute atomic E-state index is 0.169. The van der Waals surface area contributed by atoms with E-state index in [1.54, 1.807) is 35.2 Å². The highest BCUT2D eigenvalue weighted by Crippen LogP contribution is 2.19. The summed E-state index contributed by atoms with van der Waals surface area (Å²) < 4.78 is 13.1. The minimum atomic E-state index is -0.169. The average Bonchev–Trinajstić information content (AvgIpc) is 2.71. The van der Waals surface area contributed by atoms with Crippen LogP contribution in [0, 0.1) is 5.92 Å². The Morgan fingerprint density at radius 2 is 1.86 bits per heavy atom. The fourth-order valence-electron chi connectivity index (χ4n) is 3.26. The maximum atomic E-state index is 12.5. The van der Waals surface area contributed by atoms with Crippen molar-refractivity contribution >= 4 is 11.6 Å². The lowest BCUT2D eigenvalue weighted by atomic mass is 10.0. The summed E-state index contributed by atoms with van der Waals surface area (Å²) in [5.74, 6) is 1.90. The van der Waals surface area contributed by atoms with Crippen molar-refractivity contribution in [1.29, 1.82) is 0 Å². The van der Waals surface area contributed by atoms with E-state index in [9.17, 15) is 4.79 Å². The quantitative estimate of drug-likeness (QED) is 0.596. The summed E-state index contributed by atoms with van der Waals surface area (Å²) in [5, 5.41) is 0.573. The number of aromatic nitrogens is 2. The van der Waals surface area contributed by atoms with E-state index < -0.39 is 0 Å². The number of halogens is 1. The Labute approximate surface area is 174 Å². The van der Waals surface area contributed by atoms with Gasteiger partial charge in [0.2, 0.25) is 0 Å². The zero-order chi connectivity index (χ0) is 20.2. The third-order valence-electron chi connectivity index (χ3n) is 4.81. The molecule has 29 heavy (non-hydrogen) atoms. The smallest absolute Gasteiger partial charge is 0.258 e. The Morgan fingerprint density at radius 3 is 2.52 bits per heavy atom. The summed E-state index contributed by atoms with van der Waals surface area (Å²) in [6, 6.07) is 14.3. The molecule has 2 aromatic heterocycles. The van der Waals surface area contributed by atoms with Crippen LogP contribution in [0.3, 0.4) is 0 Å². The molecular formula is C22H22ClN3O3. The minimum Gasteiger partial charge on any atom is -0.493 e. The monoisotopic (exact) mass is 411 g/mol. The fraction of sp³-hybridized carbons (Fsp3) is 0.273. The van der Waals surface area contributed by atoms with Gasteiger partial charge in [-0.15, -0.1) is 0 Å². The standard InChI is InChI=1S/C22H22ClN3O3/c1-25-12-16(13-25)14-28-20-6-4-19(5-7-20)26-9-8-21(10-22(26)27)29-15-18-3-2-17(23)11-24-18/h2-11,16H,12-15H2,1H3. The number of pyridine rings is 2. The maximum absolute atomic E-state index is 12.5. The molecule has 150 valence electrons. The Hall–Kier alpha value is -2.83. The van der Waals surface area contributed by atoms with Crippen LogP contribution in [0.15, 0.2) is 65.7 Å². The summed E-state index contributed by atoms with van der Waals surface area (Å²) in [7, 11) is 2.11. The Morgan fingerprint density at radius 1 is 1.07 bits per heavy atom. The molecule has 1 fully saturated rings. The predicted molar refractivity (Wildman–Crippen MR) is 112 cm³/mol. The van der Waals surface area contributed by atoms with Crippen LogP contribution in [0.1, 0.15) is 5.69 Å². The first-order valence-electron chi connectivity index (χ1n) is 9.44. The molecular weight excluding hydrogens is 390 g/mol. The van der Waals surface area contributed by atoms with Gasteiger partial charge in [-0.05, 0) is 49.5 Å². The second kappa shape index (κ2) is 8.68. The maximum Gasteiger partial charge on any atom is 0.258 e. The van der Waals surface area contributed by atoms with Gasteiger partial charge in [-0.1, -0.05) is 11.6 Å². The van der Waals surface area contributed by atoms with Gasteiger partial charge in [0.25, 0.3) is 5.56 Å². The number of ether oxygens (including phenoxy) is 2. The molecule has 0 aliphatic carbocycles. The van der Waals surface area contributed by atoms with Crippen molar-refractivity contribution < 1.29 is 9.47 Å². The van der Waals surface area contributed by atoms with Crippen molar-refractivity contribution in [2.45, 2.75) is 6.61 Å². The lowest BCUT2D eigenvalue weighted by Gasteiger charge is -2.35. The summed E-state index contributed by atoms with van der Waals surface area (Å²) >= 11 is 5.82. The number of rotatable bonds is 7. The van der Waals surface area contributed by atoms with Crippen LogP contribution in [0.4, 0.5) is 0 Å². The van der Waals surface area contributed by atoms with Gasteiger partial charge in [-0.25, -0.2) is 0 Å². The molecule has 0 radical (unpaired) electrons. The zero-order valence-corrected chi connectivity index (χ0v) is 16.9. The number of hydrogen-bond donors (Lipinski definition) is 0. The second-order valence-corrected chi connectivity index (χ2v) is 7.66. The molecule has 1 aromatic carbocycles. The third-order valence-corrected chi connectivity index (χ3v) is 5.03. The summed E-state index contributed by atoms with van der Waals surface area (Å²) in [4.78, 5) is 18.9. The molecule has 1 saturated heterocycles. The van der Waals surface area contributed by atoms with Gasteiger partial charge in [-0.2, -0.15) is 0 Å². The van der Waals surface area contributed by atoms with Crippen molar-refractivity contribution in [2.75, 3.05) is 26.7 Å². The molecule has 1 aliphatic rings. The molecule has 0 saturated carbocycles. The molecule has 6 nitrogen and oxygen atoms in total. The molecule has 0 N–H and O–H groups in total. The summed E-state index contributed by atoms with van der Waals surface area (Å²) in [6.07, 6.45) is 3.27. The van der Waals surface area contributed by atoms with E-state index >= 15 is 0 Å². The molecule has 1 aliphatic heterocycles. The van der Waals surface area contributed by atoms with E-state index in [0.29, 0.717) is 16.7 Å². The Kier molecular flexibility index (Phi) is 5.83. The molecule has 0 bridgehead atoms. The van der Waals surface area contributed by atoms with Crippen molar-refractivity contribution in [1.82, 2.24) is 14.5 Å². The summed E-state index contributed by atoms with van der Waals surface area (Å²) in [5.41, 5.74) is 1.34. The van der Waals surface area contributed by atoms with Crippen molar-refractivity contribution in [3.8, 4) is 17.2 Å². The predicted octanol–water partition coefficient (Wildman–Crippen LogP) is 3.41. The fourth-order valence-corrected chi connectivity index (χ4v) is 3.38. The third kappa shape index (κ3) is 4.96. The molecule has 0 amide bonds. The first-order valence-corrected chi connectivity index (χ1v) is 9.82. The van der Waals surface area contributed by atoms with Crippen LogP contribution in [-0.2, 0) is 6.61 Å². The van der Waals surface area contributed by atoms with Crippen LogP contribution in [0.2, 0.25) is 5.02 Å². The zero-order valence-electron chi connectivity index (χ0n) is 16.1. The SMILES string of the molecule is CN1CC(COc2ccc(-n3ccc(OCc4ccc(Cl)cn4)cc3=O)cc2)C1. The summed E-state index contributed by atoms with van der Waals surface area (Å²) in [6.45, 7) is 3.15. The lowest BCUT2D eigenvalue weighted by Crippen LogP contribution is -2.46. The van der Waals surface area contributed by atoms with Crippen molar-refractivity contribution in [3.63, 3.8) is 0 Å². The second-order valence-electron chi connectivity index (χ2n) is 7.22.